The van der Waals surface area contributed by atoms with Gasteiger partial charge in [0.25, 0.3) is 0 Å². The number of amidine groups is 1. The van der Waals surface area contributed by atoms with Gasteiger partial charge < -0.3 is 5.32 Å². The standard InChI is InChI=1S/C10H17F3N2S/c1-3-9(4-2)5-14-8(16-7-9)15-6-10(11,12)13/h3-7H2,1-2H3,(H,14,15). The van der Waals surface area contributed by atoms with Crippen LogP contribution in [0.2, 0.25) is 0 Å². The van der Waals surface area contributed by atoms with Crippen LogP contribution in [0.1, 0.15) is 26.7 Å². The molecule has 16 heavy (non-hydrogen) atoms. The molecule has 1 rings (SSSR count). The molecule has 0 aromatic heterocycles. The highest BCUT2D eigenvalue weighted by atomic mass is 32.2. The van der Waals surface area contributed by atoms with Crippen molar-refractivity contribution in [2.45, 2.75) is 32.9 Å². The van der Waals surface area contributed by atoms with Crippen LogP contribution in [0.25, 0.3) is 0 Å². The minimum Gasteiger partial charge on any atom is -0.356 e. The Balaban J connectivity index is 2.47. The monoisotopic (exact) mass is 254 g/mol. The molecule has 1 aliphatic rings. The molecule has 2 nitrogen and oxygen atoms in total. The van der Waals surface area contributed by atoms with Gasteiger partial charge in [0.05, 0.1) is 0 Å². The Morgan fingerprint density at radius 2 is 2.00 bits per heavy atom. The summed E-state index contributed by atoms with van der Waals surface area (Å²) >= 11 is 1.40. The first-order valence-electron chi connectivity index (χ1n) is 5.39. The molecule has 0 aromatic rings. The van der Waals surface area contributed by atoms with Gasteiger partial charge in [-0.1, -0.05) is 25.6 Å². The minimum absolute atomic E-state index is 0.175. The summed E-state index contributed by atoms with van der Waals surface area (Å²) in [7, 11) is 0. The van der Waals surface area contributed by atoms with E-state index in [2.05, 4.69) is 24.2 Å². The molecule has 1 aliphatic heterocycles. The average molecular weight is 254 g/mol. The van der Waals surface area contributed by atoms with Gasteiger partial charge >= 0.3 is 6.18 Å². The number of halogens is 3. The predicted octanol–water partition coefficient (Wildman–Crippen LogP) is 3.05. The number of aliphatic imine (C=N–C) groups is 1. The van der Waals surface area contributed by atoms with E-state index in [9.17, 15) is 13.2 Å². The number of rotatable bonds is 3. The zero-order chi connectivity index (χ0) is 12.2. The fraction of sp³-hybridized carbons (Fsp3) is 0.900. The van der Waals surface area contributed by atoms with Crippen molar-refractivity contribution in [2.75, 3.05) is 18.8 Å². The Morgan fingerprint density at radius 3 is 2.38 bits per heavy atom. The van der Waals surface area contributed by atoms with Crippen LogP contribution in [0.5, 0.6) is 0 Å². The van der Waals surface area contributed by atoms with Gasteiger partial charge in [-0.2, -0.15) is 13.2 Å². The molecule has 0 saturated carbocycles. The van der Waals surface area contributed by atoms with E-state index in [1.165, 1.54) is 11.8 Å². The van der Waals surface area contributed by atoms with E-state index in [4.69, 9.17) is 0 Å². The molecule has 0 fully saturated rings. The quantitative estimate of drug-likeness (QED) is 0.837. The molecule has 94 valence electrons. The molecule has 0 spiro atoms. The van der Waals surface area contributed by atoms with Crippen LogP contribution in [0, 0.1) is 5.41 Å². The molecule has 0 unspecified atom stereocenters. The molecular weight excluding hydrogens is 237 g/mol. The van der Waals surface area contributed by atoms with Crippen molar-refractivity contribution in [1.29, 1.82) is 0 Å². The Morgan fingerprint density at radius 1 is 1.38 bits per heavy atom. The molecule has 0 bridgehead atoms. The molecule has 0 amide bonds. The highest BCUT2D eigenvalue weighted by molar-refractivity contribution is 8.13. The highest BCUT2D eigenvalue weighted by Crippen LogP contribution is 2.34. The van der Waals surface area contributed by atoms with Crippen molar-refractivity contribution in [1.82, 2.24) is 5.32 Å². The maximum atomic E-state index is 12.0. The normalized spacial score (nSPS) is 20.4. The molecule has 1 heterocycles. The van der Waals surface area contributed by atoms with Gasteiger partial charge in [-0.15, -0.1) is 0 Å². The average Bonchev–Trinajstić information content (AvgIpc) is 2.26. The van der Waals surface area contributed by atoms with E-state index in [0.29, 0.717) is 11.7 Å². The Bertz CT molecular complexity index is 259. The predicted molar refractivity (Wildman–Crippen MR) is 61.8 cm³/mol. The molecule has 0 saturated heterocycles. The summed E-state index contributed by atoms with van der Waals surface area (Å²) < 4.78 is 35.9. The highest BCUT2D eigenvalue weighted by Gasteiger charge is 2.32. The third kappa shape index (κ3) is 3.88. The minimum atomic E-state index is -4.17. The first-order chi connectivity index (χ1) is 7.41. The van der Waals surface area contributed by atoms with Crippen LogP contribution < -0.4 is 5.32 Å². The van der Waals surface area contributed by atoms with E-state index in [1.807, 2.05) is 0 Å². The molecular formula is C10H17F3N2S. The molecule has 0 radical (unpaired) electrons. The second kappa shape index (κ2) is 5.29. The van der Waals surface area contributed by atoms with E-state index in [-0.39, 0.29) is 5.41 Å². The summed E-state index contributed by atoms with van der Waals surface area (Å²) in [6.45, 7) is 3.85. The zero-order valence-corrected chi connectivity index (χ0v) is 10.3. The second-order valence-electron chi connectivity index (χ2n) is 4.09. The number of nitrogens with zero attached hydrogens (tertiary/aromatic N) is 1. The number of nitrogens with one attached hydrogen (secondary N) is 1. The van der Waals surface area contributed by atoms with Gasteiger partial charge in [0.1, 0.15) is 6.54 Å². The summed E-state index contributed by atoms with van der Waals surface area (Å²) in [6, 6.07) is 0. The first-order valence-corrected chi connectivity index (χ1v) is 6.37. The largest absolute Gasteiger partial charge is 0.405 e. The number of thioether (sulfide) groups is 1. The van der Waals surface area contributed by atoms with Gasteiger partial charge in [-0.25, -0.2) is 0 Å². The summed E-state index contributed by atoms with van der Waals surface area (Å²) in [6.07, 6.45) is -2.13. The molecule has 0 aliphatic carbocycles. The van der Waals surface area contributed by atoms with Crippen molar-refractivity contribution in [3.8, 4) is 0 Å². The van der Waals surface area contributed by atoms with Crippen LogP contribution in [-0.4, -0.2) is 30.2 Å². The topological polar surface area (TPSA) is 24.4 Å². The molecule has 1 N–H and O–H groups in total. The Hall–Kier alpha value is -0.390. The lowest BCUT2D eigenvalue weighted by Gasteiger charge is -2.33. The molecule has 0 atom stereocenters. The summed E-state index contributed by atoms with van der Waals surface area (Å²) in [4.78, 5) is 4.20. The Labute approximate surface area is 98.1 Å². The number of hydrogen-bond acceptors (Lipinski definition) is 3. The van der Waals surface area contributed by atoms with Crippen molar-refractivity contribution in [2.24, 2.45) is 10.4 Å². The van der Waals surface area contributed by atoms with Gasteiger partial charge in [-0.3, -0.25) is 4.99 Å². The SMILES string of the molecule is CCC1(CC)CN=C(NCC(F)(F)F)SC1. The zero-order valence-electron chi connectivity index (χ0n) is 9.52. The van der Waals surface area contributed by atoms with E-state index in [0.717, 1.165) is 18.6 Å². The summed E-state index contributed by atoms with van der Waals surface area (Å²) in [5.41, 5.74) is 0.175. The Kier molecular flexibility index (Phi) is 4.52. The lowest BCUT2D eigenvalue weighted by atomic mass is 9.84. The maximum absolute atomic E-state index is 12.0. The van der Waals surface area contributed by atoms with E-state index >= 15 is 0 Å². The van der Waals surface area contributed by atoms with Crippen LogP contribution in [0.3, 0.4) is 0 Å². The second-order valence-corrected chi connectivity index (χ2v) is 5.05. The smallest absolute Gasteiger partial charge is 0.356 e. The maximum Gasteiger partial charge on any atom is 0.405 e. The summed E-state index contributed by atoms with van der Waals surface area (Å²) in [5, 5.41) is 2.76. The van der Waals surface area contributed by atoms with Gasteiger partial charge in [-0.05, 0) is 18.3 Å². The van der Waals surface area contributed by atoms with Crippen LogP contribution >= 0.6 is 11.8 Å². The van der Waals surface area contributed by atoms with Crippen LogP contribution in [0.15, 0.2) is 4.99 Å². The fourth-order valence-corrected chi connectivity index (χ4v) is 2.79. The van der Waals surface area contributed by atoms with Crippen molar-refractivity contribution in [3.63, 3.8) is 0 Å². The van der Waals surface area contributed by atoms with Gasteiger partial charge in [0, 0.05) is 12.3 Å². The van der Waals surface area contributed by atoms with Crippen molar-refractivity contribution < 1.29 is 13.2 Å². The lowest BCUT2D eigenvalue weighted by Crippen LogP contribution is -2.38. The number of alkyl halides is 3. The first kappa shape index (κ1) is 13.7. The third-order valence-electron chi connectivity index (χ3n) is 3.01. The van der Waals surface area contributed by atoms with Crippen LogP contribution in [-0.2, 0) is 0 Å². The van der Waals surface area contributed by atoms with Gasteiger partial charge in [0.15, 0.2) is 5.17 Å². The van der Waals surface area contributed by atoms with Gasteiger partial charge in [0.2, 0.25) is 0 Å². The molecule has 0 aromatic carbocycles. The van der Waals surface area contributed by atoms with Crippen molar-refractivity contribution in [3.05, 3.63) is 0 Å². The third-order valence-corrected chi connectivity index (χ3v) is 4.32. The fourth-order valence-electron chi connectivity index (χ4n) is 1.51. The lowest BCUT2D eigenvalue weighted by molar-refractivity contribution is -0.121. The van der Waals surface area contributed by atoms with E-state index < -0.39 is 12.7 Å². The van der Waals surface area contributed by atoms with Crippen LogP contribution in [0.4, 0.5) is 13.2 Å². The molecule has 6 heteroatoms. The number of hydrogen-bond donors (Lipinski definition) is 1. The van der Waals surface area contributed by atoms with Crippen molar-refractivity contribution >= 4 is 16.9 Å². The van der Waals surface area contributed by atoms with E-state index in [1.54, 1.807) is 0 Å². The summed E-state index contributed by atoms with van der Waals surface area (Å²) in [5.74, 6) is 0.851.